The fourth-order valence-corrected chi connectivity index (χ4v) is 3.90. The Morgan fingerprint density at radius 2 is 1.74 bits per heavy atom. The zero-order valence-electron chi connectivity index (χ0n) is 18.9. The van der Waals surface area contributed by atoms with Crippen molar-refractivity contribution in [3.05, 3.63) is 83.7 Å². The van der Waals surface area contributed by atoms with Gasteiger partial charge in [0.2, 0.25) is 0 Å². The van der Waals surface area contributed by atoms with E-state index in [1.165, 1.54) is 24.3 Å². The van der Waals surface area contributed by atoms with Crippen LogP contribution in [0.2, 0.25) is 0 Å². The zero-order chi connectivity index (χ0) is 23.9. The lowest BCUT2D eigenvalue weighted by molar-refractivity contribution is 0.0951. The van der Waals surface area contributed by atoms with E-state index in [1.807, 2.05) is 30.3 Å². The molecule has 1 fully saturated rings. The summed E-state index contributed by atoms with van der Waals surface area (Å²) in [5.74, 6) is 0.0908. The molecule has 34 heavy (non-hydrogen) atoms. The number of nitrogens with one attached hydrogen (secondary N) is 3. The molecule has 4 rings (SSSR count). The lowest BCUT2D eigenvalue weighted by atomic mass is 10.1. The number of benzene rings is 3. The number of carbonyl (C=O) groups excluding carboxylic acids is 2. The number of anilines is 3. The summed E-state index contributed by atoms with van der Waals surface area (Å²) in [5, 5.41) is 8.46. The second-order valence-corrected chi connectivity index (χ2v) is 8.05. The maximum Gasteiger partial charge on any atom is 0.323 e. The van der Waals surface area contributed by atoms with Gasteiger partial charge in [0.05, 0.1) is 18.5 Å². The number of nitrogens with zero attached hydrogens (tertiary/aromatic N) is 1. The van der Waals surface area contributed by atoms with Crippen LogP contribution in [0.4, 0.5) is 26.2 Å². The van der Waals surface area contributed by atoms with Crippen molar-refractivity contribution in [2.75, 3.05) is 35.7 Å². The fraction of sp³-hybridized carbons (Fsp3) is 0.231. The molecule has 7 nitrogen and oxygen atoms in total. The van der Waals surface area contributed by atoms with Gasteiger partial charge in [0.25, 0.3) is 5.91 Å². The van der Waals surface area contributed by atoms with Crippen LogP contribution >= 0.6 is 0 Å². The molecule has 1 aliphatic heterocycles. The van der Waals surface area contributed by atoms with E-state index >= 15 is 0 Å². The molecule has 0 spiro atoms. The molecule has 8 heteroatoms. The minimum absolute atomic E-state index is 0.252. The lowest BCUT2D eigenvalue weighted by Crippen LogP contribution is -2.26. The number of carbonyl (C=O) groups is 2. The van der Waals surface area contributed by atoms with E-state index in [2.05, 4.69) is 20.9 Å². The highest BCUT2D eigenvalue weighted by Gasteiger charge is 2.19. The Hall–Kier alpha value is -4.07. The van der Waals surface area contributed by atoms with Crippen LogP contribution in [0.1, 0.15) is 28.8 Å². The smallest absolute Gasteiger partial charge is 0.323 e. The number of amides is 3. The molecule has 3 aromatic carbocycles. The van der Waals surface area contributed by atoms with Gasteiger partial charge in [-0.05, 0) is 73.0 Å². The molecule has 176 valence electrons. The minimum atomic E-state index is -0.471. The van der Waals surface area contributed by atoms with Gasteiger partial charge in [0.1, 0.15) is 11.6 Å². The van der Waals surface area contributed by atoms with E-state index < -0.39 is 6.03 Å². The van der Waals surface area contributed by atoms with Gasteiger partial charge in [-0.3, -0.25) is 4.79 Å². The molecule has 3 N–H and O–H groups in total. The monoisotopic (exact) mass is 462 g/mol. The second kappa shape index (κ2) is 10.7. The molecular formula is C26H27FN4O3. The first-order chi connectivity index (χ1) is 16.5. The maximum absolute atomic E-state index is 13.1. The van der Waals surface area contributed by atoms with Crippen molar-refractivity contribution in [1.82, 2.24) is 5.32 Å². The largest absolute Gasteiger partial charge is 0.497 e. The topological polar surface area (TPSA) is 82.7 Å². The van der Waals surface area contributed by atoms with E-state index in [1.54, 1.807) is 19.2 Å². The van der Waals surface area contributed by atoms with Gasteiger partial charge in [-0.1, -0.05) is 12.1 Å². The van der Waals surface area contributed by atoms with Crippen LogP contribution in [0.5, 0.6) is 5.75 Å². The second-order valence-electron chi connectivity index (χ2n) is 8.05. The normalized spacial score (nSPS) is 12.8. The van der Waals surface area contributed by atoms with Crippen LogP contribution < -0.4 is 25.6 Å². The van der Waals surface area contributed by atoms with Gasteiger partial charge >= 0.3 is 6.03 Å². The molecule has 0 bridgehead atoms. The summed E-state index contributed by atoms with van der Waals surface area (Å²) >= 11 is 0. The van der Waals surface area contributed by atoms with Gasteiger partial charge in [0.15, 0.2) is 0 Å². The van der Waals surface area contributed by atoms with Crippen molar-refractivity contribution in [1.29, 1.82) is 0 Å². The van der Waals surface area contributed by atoms with Crippen LogP contribution in [0.3, 0.4) is 0 Å². The van der Waals surface area contributed by atoms with Crippen molar-refractivity contribution >= 4 is 29.0 Å². The number of urea groups is 1. The van der Waals surface area contributed by atoms with Gasteiger partial charge < -0.3 is 25.6 Å². The molecule has 1 heterocycles. The van der Waals surface area contributed by atoms with Gasteiger partial charge in [-0.2, -0.15) is 0 Å². The fourth-order valence-electron chi connectivity index (χ4n) is 3.90. The van der Waals surface area contributed by atoms with E-state index in [0.29, 0.717) is 23.5 Å². The Bertz CT molecular complexity index is 1160. The first-order valence-corrected chi connectivity index (χ1v) is 11.2. The highest BCUT2D eigenvalue weighted by atomic mass is 19.1. The first-order valence-electron chi connectivity index (χ1n) is 11.2. The van der Waals surface area contributed by atoms with Gasteiger partial charge in [-0.15, -0.1) is 0 Å². The molecule has 0 radical (unpaired) electrons. The molecule has 1 saturated heterocycles. The number of rotatable bonds is 7. The van der Waals surface area contributed by atoms with Crippen molar-refractivity contribution in [2.45, 2.75) is 19.4 Å². The predicted molar refractivity (Wildman–Crippen MR) is 131 cm³/mol. The number of halogens is 1. The maximum atomic E-state index is 13.1. The van der Waals surface area contributed by atoms with E-state index in [4.69, 9.17) is 4.74 Å². The Labute approximate surface area is 197 Å². The summed E-state index contributed by atoms with van der Waals surface area (Å²) in [6, 6.07) is 17.8. The SMILES string of the molecule is COc1cccc(CNC(=O)c2ccc(N3CCCC3)c(NC(=O)Nc3ccc(F)cc3)c2)c1. The molecule has 0 atom stereocenters. The molecule has 1 aliphatic rings. The predicted octanol–water partition coefficient (Wildman–Crippen LogP) is 5.01. The zero-order valence-corrected chi connectivity index (χ0v) is 18.9. The minimum Gasteiger partial charge on any atom is -0.497 e. The number of methoxy groups -OCH3 is 1. The third kappa shape index (κ3) is 5.83. The third-order valence-corrected chi connectivity index (χ3v) is 5.64. The summed E-state index contributed by atoms with van der Waals surface area (Å²) < 4.78 is 18.4. The van der Waals surface area contributed by atoms with Crippen molar-refractivity contribution in [3.63, 3.8) is 0 Å². The Kier molecular flexibility index (Phi) is 7.27. The first kappa shape index (κ1) is 23.1. The van der Waals surface area contributed by atoms with E-state index in [-0.39, 0.29) is 11.7 Å². The van der Waals surface area contributed by atoms with Gasteiger partial charge in [-0.25, -0.2) is 9.18 Å². The van der Waals surface area contributed by atoms with E-state index in [9.17, 15) is 14.0 Å². The van der Waals surface area contributed by atoms with Crippen LogP contribution in [0.15, 0.2) is 66.7 Å². The highest BCUT2D eigenvalue weighted by Crippen LogP contribution is 2.30. The van der Waals surface area contributed by atoms with Crippen molar-refractivity contribution < 1.29 is 18.7 Å². The molecule has 3 aromatic rings. The molecule has 0 unspecified atom stereocenters. The van der Waals surface area contributed by atoms with Crippen LogP contribution in [0.25, 0.3) is 0 Å². The molecule has 0 aromatic heterocycles. The van der Waals surface area contributed by atoms with Crippen molar-refractivity contribution in [2.24, 2.45) is 0 Å². The van der Waals surface area contributed by atoms with Gasteiger partial charge in [0, 0.05) is 30.9 Å². The molecular weight excluding hydrogens is 435 g/mol. The Morgan fingerprint density at radius 3 is 2.47 bits per heavy atom. The Morgan fingerprint density at radius 1 is 0.971 bits per heavy atom. The number of hydrogen-bond donors (Lipinski definition) is 3. The number of hydrogen-bond acceptors (Lipinski definition) is 4. The summed E-state index contributed by atoms with van der Waals surface area (Å²) in [7, 11) is 1.60. The average Bonchev–Trinajstić information content (AvgIpc) is 3.39. The van der Waals surface area contributed by atoms with Crippen LogP contribution in [-0.4, -0.2) is 32.1 Å². The summed E-state index contributed by atoms with van der Waals surface area (Å²) in [4.78, 5) is 27.7. The Balaban J connectivity index is 1.49. The van der Waals surface area contributed by atoms with Crippen LogP contribution in [0, 0.1) is 5.82 Å². The van der Waals surface area contributed by atoms with Crippen LogP contribution in [-0.2, 0) is 6.54 Å². The molecule has 0 aliphatic carbocycles. The third-order valence-electron chi connectivity index (χ3n) is 5.64. The average molecular weight is 463 g/mol. The van der Waals surface area contributed by atoms with E-state index in [0.717, 1.165) is 42.9 Å². The number of ether oxygens (including phenoxy) is 1. The quantitative estimate of drug-likeness (QED) is 0.461. The van der Waals surface area contributed by atoms with Crippen molar-refractivity contribution in [3.8, 4) is 5.75 Å². The lowest BCUT2D eigenvalue weighted by Gasteiger charge is -2.22. The highest BCUT2D eigenvalue weighted by molar-refractivity contribution is 6.04. The molecule has 3 amide bonds. The molecule has 0 saturated carbocycles. The summed E-state index contributed by atoms with van der Waals surface area (Å²) in [6.45, 7) is 2.11. The standard InChI is InChI=1S/C26H27FN4O3/c1-34-22-6-4-5-18(15-22)17-28-25(32)19-7-12-24(31-13-2-3-14-31)23(16-19)30-26(33)29-21-10-8-20(27)9-11-21/h4-12,15-16H,2-3,13-14,17H2,1H3,(H,28,32)(H2,29,30,33). The summed E-state index contributed by atoms with van der Waals surface area (Å²) in [6.07, 6.45) is 2.15. The summed E-state index contributed by atoms with van der Waals surface area (Å²) in [5.41, 5.74) is 3.21.